The molecule has 19 heavy (non-hydrogen) atoms. The van der Waals surface area contributed by atoms with E-state index in [1.165, 1.54) is 13.1 Å². The molecule has 0 radical (unpaired) electrons. The number of likely N-dealkylation sites (tertiary alicyclic amines) is 1. The molecule has 1 heterocycles. The van der Waals surface area contributed by atoms with Crippen LogP contribution in [-0.4, -0.2) is 35.7 Å². The van der Waals surface area contributed by atoms with E-state index < -0.39 is 17.9 Å². The van der Waals surface area contributed by atoms with Gasteiger partial charge in [0.15, 0.2) is 0 Å². The Morgan fingerprint density at radius 2 is 2.16 bits per heavy atom. The molecular weight excluding hydrogens is 336 g/mol. The monoisotopic (exact) mass is 344 g/mol. The molecule has 0 aliphatic carbocycles. The van der Waals surface area contributed by atoms with Gasteiger partial charge in [0, 0.05) is 16.5 Å². The van der Waals surface area contributed by atoms with Crippen LogP contribution >= 0.6 is 27.5 Å². The summed E-state index contributed by atoms with van der Waals surface area (Å²) in [5.74, 6) is -1.16. The van der Waals surface area contributed by atoms with E-state index in [1.54, 1.807) is 12.1 Å². The van der Waals surface area contributed by atoms with Crippen molar-refractivity contribution in [2.75, 3.05) is 7.05 Å². The van der Waals surface area contributed by atoms with Crippen molar-refractivity contribution < 1.29 is 14.4 Å². The van der Waals surface area contributed by atoms with Gasteiger partial charge in [0.05, 0.1) is 12.0 Å². The number of amides is 3. The summed E-state index contributed by atoms with van der Waals surface area (Å²) in [4.78, 5) is 36.1. The lowest BCUT2D eigenvalue weighted by Crippen LogP contribution is -2.40. The van der Waals surface area contributed by atoms with Gasteiger partial charge >= 0.3 is 0 Å². The molecule has 1 saturated heterocycles. The van der Waals surface area contributed by atoms with Crippen molar-refractivity contribution in [2.45, 2.75) is 12.5 Å². The number of likely N-dealkylation sites (N-methyl/N-ethyl adjacent to an activating group) is 1. The van der Waals surface area contributed by atoms with Crippen molar-refractivity contribution in [1.82, 2.24) is 10.2 Å². The molecule has 0 saturated carbocycles. The first-order valence-electron chi connectivity index (χ1n) is 5.46. The third kappa shape index (κ3) is 2.79. The van der Waals surface area contributed by atoms with E-state index in [-0.39, 0.29) is 12.3 Å². The molecule has 100 valence electrons. The van der Waals surface area contributed by atoms with Gasteiger partial charge in [-0.2, -0.15) is 0 Å². The van der Waals surface area contributed by atoms with E-state index in [1.807, 2.05) is 0 Å². The highest BCUT2D eigenvalue weighted by molar-refractivity contribution is 9.10. The Hall–Kier alpha value is -1.40. The van der Waals surface area contributed by atoms with Crippen LogP contribution < -0.4 is 5.32 Å². The van der Waals surface area contributed by atoms with Crippen LogP contribution in [0, 0.1) is 0 Å². The van der Waals surface area contributed by atoms with Crippen LogP contribution in [0.25, 0.3) is 0 Å². The number of hydrogen-bond donors (Lipinski definition) is 1. The molecule has 1 aliphatic rings. The number of carbonyl (C=O) groups excluding carboxylic acids is 3. The minimum atomic E-state index is -0.809. The zero-order valence-corrected chi connectivity index (χ0v) is 12.3. The molecule has 5 nitrogen and oxygen atoms in total. The largest absolute Gasteiger partial charge is 0.340 e. The number of carbonyl (C=O) groups is 3. The molecule has 1 fully saturated rings. The molecule has 0 spiro atoms. The number of nitrogens with zero attached hydrogens (tertiary/aromatic N) is 1. The first-order valence-corrected chi connectivity index (χ1v) is 6.63. The highest BCUT2D eigenvalue weighted by atomic mass is 79.9. The van der Waals surface area contributed by atoms with Crippen LogP contribution in [0.1, 0.15) is 16.8 Å². The number of imide groups is 1. The summed E-state index contributed by atoms with van der Waals surface area (Å²) in [6.45, 7) is 0. The van der Waals surface area contributed by atoms with Crippen LogP contribution in [-0.2, 0) is 9.59 Å². The SMILES string of the molecule is CN1C(=O)CC(NC(=O)c2cc(Cl)ccc2Br)C1=O. The van der Waals surface area contributed by atoms with Crippen molar-refractivity contribution in [2.24, 2.45) is 0 Å². The summed E-state index contributed by atoms with van der Waals surface area (Å²) in [6.07, 6.45) is -0.0146. The van der Waals surface area contributed by atoms with E-state index in [0.717, 1.165) is 4.90 Å². The molecule has 2 rings (SSSR count). The summed E-state index contributed by atoms with van der Waals surface area (Å²) in [7, 11) is 1.39. The van der Waals surface area contributed by atoms with Gasteiger partial charge in [-0.15, -0.1) is 0 Å². The van der Waals surface area contributed by atoms with Gasteiger partial charge in [-0.3, -0.25) is 19.3 Å². The van der Waals surface area contributed by atoms with E-state index in [2.05, 4.69) is 21.2 Å². The third-order valence-electron chi connectivity index (χ3n) is 2.86. The fourth-order valence-corrected chi connectivity index (χ4v) is 2.37. The molecule has 1 atom stereocenters. The third-order valence-corrected chi connectivity index (χ3v) is 3.79. The molecule has 0 bridgehead atoms. The van der Waals surface area contributed by atoms with Gasteiger partial charge in [0.1, 0.15) is 6.04 Å². The molecular formula is C12H10BrClN2O3. The average Bonchev–Trinajstić information content (AvgIpc) is 2.60. The van der Waals surface area contributed by atoms with Gasteiger partial charge < -0.3 is 5.32 Å². The van der Waals surface area contributed by atoms with Gasteiger partial charge in [0.2, 0.25) is 5.91 Å². The maximum absolute atomic E-state index is 12.1. The summed E-state index contributed by atoms with van der Waals surface area (Å²) < 4.78 is 0.569. The second-order valence-electron chi connectivity index (χ2n) is 4.15. The van der Waals surface area contributed by atoms with Crippen molar-refractivity contribution in [3.63, 3.8) is 0 Å². The maximum atomic E-state index is 12.1. The van der Waals surface area contributed by atoms with Crippen LogP contribution in [0.3, 0.4) is 0 Å². The lowest BCUT2D eigenvalue weighted by Gasteiger charge is -2.12. The summed E-state index contributed by atoms with van der Waals surface area (Å²) in [5.41, 5.74) is 0.322. The van der Waals surface area contributed by atoms with E-state index in [9.17, 15) is 14.4 Å². The van der Waals surface area contributed by atoms with Crippen LogP contribution in [0.4, 0.5) is 0 Å². The number of nitrogens with one attached hydrogen (secondary N) is 1. The van der Waals surface area contributed by atoms with Gasteiger partial charge in [0.25, 0.3) is 11.8 Å². The van der Waals surface area contributed by atoms with E-state index >= 15 is 0 Å². The standard InChI is InChI=1S/C12H10BrClN2O3/c1-16-10(17)5-9(12(16)19)15-11(18)7-4-6(14)2-3-8(7)13/h2-4,9H,5H2,1H3,(H,15,18). The predicted octanol–water partition coefficient (Wildman–Crippen LogP) is 1.59. The Labute approximate surface area is 123 Å². The second kappa shape index (κ2) is 5.30. The minimum Gasteiger partial charge on any atom is -0.340 e. The van der Waals surface area contributed by atoms with Crippen molar-refractivity contribution in [1.29, 1.82) is 0 Å². The zero-order valence-electron chi connectivity index (χ0n) is 9.94. The Kier molecular flexibility index (Phi) is 3.91. The molecule has 1 aliphatic heterocycles. The van der Waals surface area contributed by atoms with Crippen molar-refractivity contribution >= 4 is 45.3 Å². The van der Waals surface area contributed by atoms with Crippen LogP contribution in [0.15, 0.2) is 22.7 Å². The maximum Gasteiger partial charge on any atom is 0.253 e. The second-order valence-corrected chi connectivity index (χ2v) is 5.44. The number of hydrogen-bond acceptors (Lipinski definition) is 3. The Balaban J connectivity index is 2.16. The summed E-state index contributed by atoms with van der Waals surface area (Å²) >= 11 is 9.06. The lowest BCUT2D eigenvalue weighted by atomic mass is 10.2. The first-order chi connectivity index (χ1) is 8.90. The number of halogens is 2. The van der Waals surface area contributed by atoms with Gasteiger partial charge in [-0.05, 0) is 34.1 Å². The summed E-state index contributed by atoms with van der Waals surface area (Å²) in [6, 6.07) is 3.97. The predicted molar refractivity (Wildman–Crippen MR) is 72.8 cm³/mol. The van der Waals surface area contributed by atoms with E-state index in [4.69, 9.17) is 11.6 Å². The minimum absolute atomic E-state index is 0.0146. The number of benzene rings is 1. The molecule has 1 aromatic rings. The Morgan fingerprint density at radius 1 is 1.47 bits per heavy atom. The lowest BCUT2D eigenvalue weighted by molar-refractivity contribution is -0.137. The normalized spacial score (nSPS) is 18.9. The van der Waals surface area contributed by atoms with Crippen LogP contribution in [0.2, 0.25) is 5.02 Å². The fourth-order valence-electron chi connectivity index (χ4n) is 1.78. The molecule has 7 heteroatoms. The topological polar surface area (TPSA) is 66.5 Å². The molecule has 3 amide bonds. The zero-order chi connectivity index (χ0) is 14.2. The van der Waals surface area contributed by atoms with Gasteiger partial charge in [-0.25, -0.2) is 0 Å². The quantitative estimate of drug-likeness (QED) is 0.828. The Morgan fingerprint density at radius 3 is 2.74 bits per heavy atom. The number of rotatable bonds is 2. The Bertz CT molecular complexity index is 576. The molecule has 1 N–H and O–H groups in total. The highest BCUT2D eigenvalue weighted by Crippen LogP contribution is 2.21. The van der Waals surface area contributed by atoms with Crippen molar-refractivity contribution in [3.05, 3.63) is 33.3 Å². The smallest absolute Gasteiger partial charge is 0.253 e. The highest BCUT2D eigenvalue weighted by Gasteiger charge is 2.37. The fraction of sp³-hybridized carbons (Fsp3) is 0.250. The average molecular weight is 346 g/mol. The van der Waals surface area contributed by atoms with Crippen molar-refractivity contribution in [3.8, 4) is 0 Å². The first kappa shape index (κ1) is 14.0. The van der Waals surface area contributed by atoms with E-state index in [0.29, 0.717) is 15.1 Å². The summed E-state index contributed by atoms with van der Waals surface area (Å²) in [5, 5.41) is 2.95. The van der Waals surface area contributed by atoms with Gasteiger partial charge in [-0.1, -0.05) is 11.6 Å². The molecule has 1 unspecified atom stereocenters. The molecule has 1 aromatic carbocycles. The van der Waals surface area contributed by atoms with Crippen LogP contribution in [0.5, 0.6) is 0 Å². The molecule has 0 aromatic heterocycles.